The van der Waals surface area contributed by atoms with Gasteiger partial charge in [0.15, 0.2) is 11.5 Å². The molecular formula is C26H19BrIN3O7. The Hall–Kier alpha value is -3.78. The van der Waals surface area contributed by atoms with Crippen molar-refractivity contribution in [2.24, 2.45) is 0 Å². The molecule has 1 aliphatic rings. The van der Waals surface area contributed by atoms with Crippen LogP contribution in [0.4, 0.5) is 16.2 Å². The zero-order valence-electron chi connectivity index (χ0n) is 19.8. The van der Waals surface area contributed by atoms with Gasteiger partial charge in [0.25, 0.3) is 17.5 Å². The molecule has 194 valence electrons. The van der Waals surface area contributed by atoms with E-state index in [1.807, 2.05) is 31.2 Å². The van der Waals surface area contributed by atoms with Crippen LogP contribution in [0.15, 0.2) is 70.7 Å². The number of anilines is 1. The number of imide groups is 2. The molecule has 1 aliphatic heterocycles. The predicted octanol–water partition coefficient (Wildman–Crippen LogP) is 5.61. The summed E-state index contributed by atoms with van der Waals surface area (Å²) in [5, 5.41) is 13.3. The maximum Gasteiger partial charge on any atom is 0.335 e. The van der Waals surface area contributed by atoms with Crippen LogP contribution >= 0.6 is 38.5 Å². The highest BCUT2D eigenvalue weighted by molar-refractivity contribution is 14.1. The molecule has 0 bridgehead atoms. The van der Waals surface area contributed by atoms with Crippen LogP contribution in [0.1, 0.15) is 18.1 Å². The smallest absolute Gasteiger partial charge is 0.335 e. The number of nitrogens with one attached hydrogen (secondary N) is 1. The van der Waals surface area contributed by atoms with Gasteiger partial charge in [-0.15, -0.1) is 0 Å². The molecule has 3 aromatic rings. The summed E-state index contributed by atoms with van der Waals surface area (Å²) in [4.78, 5) is 49.5. The molecule has 0 radical (unpaired) electrons. The lowest BCUT2D eigenvalue weighted by molar-refractivity contribution is -0.384. The predicted molar refractivity (Wildman–Crippen MR) is 151 cm³/mol. The van der Waals surface area contributed by atoms with Gasteiger partial charge in [0.1, 0.15) is 12.2 Å². The number of carbonyl (C=O) groups excluding carboxylic acids is 3. The van der Waals surface area contributed by atoms with Crippen molar-refractivity contribution < 1.29 is 28.8 Å². The molecule has 4 rings (SSSR count). The van der Waals surface area contributed by atoms with Crippen molar-refractivity contribution in [3.8, 4) is 11.5 Å². The number of urea groups is 1. The Balaban J connectivity index is 1.68. The van der Waals surface area contributed by atoms with Crippen molar-refractivity contribution in [3.63, 3.8) is 0 Å². The molecule has 12 heteroatoms. The Bertz CT molecular complexity index is 1490. The quantitative estimate of drug-likeness (QED) is 0.107. The van der Waals surface area contributed by atoms with Gasteiger partial charge in [0.2, 0.25) is 0 Å². The number of nitro benzene ring substituents is 1. The van der Waals surface area contributed by atoms with Gasteiger partial charge in [0, 0.05) is 22.2 Å². The van der Waals surface area contributed by atoms with E-state index in [1.165, 1.54) is 24.3 Å². The second-order valence-electron chi connectivity index (χ2n) is 7.88. The summed E-state index contributed by atoms with van der Waals surface area (Å²) in [6.07, 6.45) is 1.33. The number of carbonyl (C=O) groups is 3. The Kier molecular flexibility index (Phi) is 8.42. The molecule has 1 heterocycles. The minimum atomic E-state index is -1.00. The summed E-state index contributed by atoms with van der Waals surface area (Å²) in [5.74, 6) is -0.892. The number of nitrogens with zero attached hydrogens (tertiary/aromatic N) is 2. The monoisotopic (exact) mass is 691 g/mol. The largest absolute Gasteiger partial charge is 0.490 e. The third kappa shape index (κ3) is 5.86. The molecule has 0 aliphatic carbocycles. The van der Waals surface area contributed by atoms with E-state index in [2.05, 4.69) is 43.8 Å². The number of benzene rings is 3. The molecule has 38 heavy (non-hydrogen) atoms. The number of hydrogen-bond acceptors (Lipinski definition) is 7. The highest BCUT2D eigenvalue weighted by Gasteiger charge is 2.37. The first-order valence-corrected chi connectivity index (χ1v) is 13.0. The number of non-ortho nitro benzene ring substituents is 1. The number of halogens is 2. The third-order valence-corrected chi connectivity index (χ3v) is 6.95. The lowest BCUT2D eigenvalue weighted by Crippen LogP contribution is -2.54. The first kappa shape index (κ1) is 27.3. The van der Waals surface area contributed by atoms with Gasteiger partial charge in [-0.2, -0.15) is 0 Å². The van der Waals surface area contributed by atoms with Crippen molar-refractivity contribution in [3.05, 3.63) is 95.5 Å². The van der Waals surface area contributed by atoms with E-state index in [9.17, 15) is 24.5 Å². The first-order valence-electron chi connectivity index (χ1n) is 11.2. The Morgan fingerprint density at radius 1 is 1.08 bits per heavy atom. The summed E-state index contributed by atoms with van der Waals surface area (Å²) in [6.45, 7) is 2.44. The van der Waals surface area contributed by atoms with E-state index in [0.717, 1.165) is 16.1 Å². The standard InChI is InChI=1S/C26H19BrIN3O7/c1-2-37-22-12-15(11-21(28)23(22)38-14-16-6-3-4-9-20(16)27)10-19-24(32)29-26(34)30(25(19)33)17-7-5-8-18(13-17)31(35)36/h3-13H,2,14H2,1H3,(H,29,32,34)/b19-10+. The molecule has 1 saturated heterocycles. The maximum absolute atomic E-state index is 13.2. The first-order chi connectivity index (χ1) is 18.2. The average Bonchev–Trinajstić information content (AvgIpc) is 2.87. The number of barbiturate groups is 1. The van der Waals surface area contributed by atoms with Gasteiger partial charge in [-0.25, -0.2) is 9.69 Å². The van der Waals surface area contributed by atoms with Gasteiger partial charge in [-0.3, -0.25) is 25.0 Å². The van der Waals surface area contributed by atoms with E-state index < -0.39 is 22.8 Å². The molecule has 0 aromatic heterocycles. The number of ether oxygens (including phenoxy) is 2. The van der Waals surface area contributed by atoms with Crippen LogP contribution in [-0.4, -0.2) is 29.4 Å². The van der Waals surface area contributed by atoms with Crippen molar-refractivity contribution in [1.29, 1.82) is 0 Å². The molecule has 10 nitrogen and oxygen atoms in total. The van der Waals surface area contributed by atoms with Gasteiger partial charge < -0.3 is 9.47 Å². The summed E-state index contributed by atoms with van der Waals surface area (Å²) >= 11 is 5.57. The van der Waals surface area contributed by atoms with E-state index in [1.54, 1.807) is 12.1 Å². The highest BCUT2D eigenvalue weighted by atomic mass is 127. The van der Waals surface area contributed by atoms with Crippen LogP contribution < -0.4 is 19.7 Å². The number of nitro groups is 1. The fourth-order valence-electron chi connectivity index (χ4n) is 3.64. The van der Waals surface area contributed by atoms with Gasteiger partial charge in [-0.05, 0) is 65.4 Å². The Morgan fingerprint density at radius 2 is 1.84 bits per heavy atom. The summed E-state index contributed by atoms with van der Waals surface area (Å²) in [5.41, 5.74) is 0.724. The zero-order chi connectivity index (χ0) is 27.4. The van der Waals surface area contributed by atoms with E-state index in [0.29, 0.717) is 32.1 Å². The van der Waals surface area contributed by atoms with Crippen molar-refractivity contribution >= 4 is 73.8 Å². The fraction of sp³-hybridized carbons (Fsp3) is 0.115. The second kappa shape index (κ2) is 11.7. The molecule has 0 unspecified atom stereocenters. The molecule has 0 atom stereocenters. The number of rotatable bonds is 8. The molecule has 1 N–H and O–H groups in total. The summed E-state index contributed by atoms with van der Waals surface area (Å²) in [6, 6.07) is 15.0. The van der Waals surface area contributed by atoms with Crippen LogP contribution in [-0.2, 0) is 16.2 Å². The number of amides is 4. The normalized spacial score (nSPS) is 14.4. The van der Waals surface area contributed by atoms with Crippen LogP contribution in [0.25, 0.3) is 6.08 Å². The van der Waals surface area contributed by atoms with Crippen LogP contribution in [0.2, 0.25) is 0 Å². The van der Waals surface area contributed by atoms with Gasteiger partial charge in [-0.1, -0.05) is 40.2 Å². The minimum absolute atomic E-state index is 0.0412. The van der Waals surface area contributed by atoms with Crippen molar-refractivity contribution in [2.75, 3.05) is 11.5 Å². The van der Waals surface area contributed by atoms with Gasteiger partial charge >= 0.3 is 6.03 Å². The number of hydrogen-bond donors (Lipinski definition) is 1. The van der Waals surface area contributed by atoms with E-state index in [-0.39, 0.29) is 23.6 Å². The molecule has 0 saturated carbocycles. The SMILES string of the molecule is CCOc1cc(/C=C2\C(=O)NC(=O)N(c3cccc([N+](=O)[O-])c3)C2=O)cc(I)c1OCc1ccccc1Br. The average molecular weight is 692 g/mol. The summed E-state index contributed by atoms with van der Waals surface area (Å²) < 4.78 is 13.4. The topological polar surface area (TPSA) is 128 Å². The fourth-order valence-corrected chi connectivity index (χ4v) is 4.82. The van der Waals surface area contributed by atoms with Crippen LogP contribution in [0.3, 0.4) is 0 Å². The minimum Gasteiger partial charge on any atom is -0.490 e. The van der Waals surface area contributed by atoms with E-state index >= 15 is 0 Å². The van der Waals surface area contributed by atoms with Crippen molar-refractivity contribution in [2.45, 2.75) is 13.5 Å². The molecule has 1 fully saturated rings. The van der Waals surface area contributed by atoms with Gasteiger partial charge in [0.05, 0.1) is 20.8 Å². The lowest BCUT2D eigenvalue weighted by Gasteiger charge is -2.26. The summed E-state index contributed by atoms with van der Waals surface area (Å²) in [7, 11) is 0. The molecule has 4 amide bonds. The lowest BCUT2D eigenvalue weighted by atomic mass is 10.1. The molecular weight excluding hydrogens is 673 g/mol. The molecule has 3 aromatic carbocycles. The van der Waals surface area contributed by atoms with Crippen molar-refractivity contribution in [1.82, 2.24) is 5.32 Å². The third-order valence-electron chi connectivity index (χ3n) is 5.37. The highest BCUT2D eigenvalue weighted by Crippen LogP contribution is 2.36. The molecule has 0 spiro atoms. The Labute approximate surface area is 239 Å². The van der Waals surface area contributed by atoms with Crippen LogP contribution in [0.5, 0.6) is 11.5 Å². The van der Waals surface area contributed by atoms with E-state index in [4.69, 9.17) is 9.47 Å². The Morgan fingerprint density at radius 3 is 2.55 bits per heavy atom. The van der Waals surface area contributed by atoms with Crippen LogP contribution in [0, 0.1) is 13.7 Å². The second-order valence-corrected chi connectivity index (χ2v) is 9.89. The zero-order valence-corrected chi connectivity index (χ0v) is 23.5. The maximum atomic E-state index is 13.2.